The molecule has 0 aromatic heterocycles. The zero-order valence-electron chi connectivity index (χ0n) is 5.72. The van der Waals surface area contributed by atoms with Crippen LogP contribution in [0.25, 0.3) is 0 Å². The van der Waals surface area contributed by atoms with E-state index in [1.165, 1.54) is 0 Å². The van der Waals surface area contributed by atoms with Crippen molar-refractivity contribution in [1.29, 1.82) is 0 Å². The molecule has 0 aliphatic rings. The highest BCUT2D eigenvalue weighted by Gasteiger charge is 2.02. The van der Waals surface area contributed by atoms with Gasteiger partial charge in [-0.2, -0.15) is 0 Å². The summed E-state index contributed by atoms with van der Waals surface area (Å²) in [6.07, 6.45) is 0. The summed E-state index contributed by atoms with van der Waals surface area (Å²) >= 11 is 2.92. The van der Waals surface area contributed by atoms with Gasteiger partial charge in [0, 0.05) is 12.6 Å². The van der Waals surface area contributed by atoms with E-state index in [-0.39, 0.29) is 5.12 Å². The highest BCUT2D eigenvalue weighted by atomic mass is 32.1. The molecule has 52 valence electrons. The Morgan fingerprint density at radius 2 is 1.80 bits per heavy atom. The molecule has 0 saturated carbocycles. The number of hydrogen-bond acceptors (Lipinski definition) is 1. The fourth-order valence-corrected chi connectivity index (χ4v) is 0.872. The van der Waals surface area contributed by atoms with Gasteiger partial charge in [0.1, 0.15) is 0 Å². The van der Waals surface area contributed by atoms with E-state index in [1.807, 2.05) is 19.1 Å². The van der Waals surface area contributed by atoms with Gasteiger partial charge in [-0.05, 0) is 19.1 Å². The van der Waals surface area contributed by atoms with Gasteiger partial charge in [0.05, 0.1) is 5.56 Å². The van der Waals surface area contributed by atoms with E-state index < -0.39 is 0 Å². The summed E-state index contributed by atoms with van der Waals surface area (Å²) < 4.78 is 0. The van der Waals surface area contributed by atoms with Crippen LogP contribution in [0.3, 0.4) is 0 Å². The molecule has 0 saturated heterocycles. The van der Waals surface area contributed by atoms with Crippen LogP contribution in [0.5, 0.6) is 0 Å². The molecule has 1 nitrogen and oxygen atoms in total. The van der Waals surface area contributed by atoms with Gasteiger partial charge in [-0.1, -0.05) is 17.7 Å². The summed E-state index contributed by atoms with van der Waals surface area (Å²) in [5.41, 5.74) is 1.86. The van der Waals surface area contributed by atoms with E-state index in [0.717, 1.165) is 5.56 Å². The van der Waals surface area contributed by atoms with Gasteiger partial charge in [0.2, 0.25) is 0 Å². The fraction of sp³-hybridized carbons (Fsp3) is 0.125. The third-order valence-electron chi connectivity index (χ3n) is 1.31. The molecule has 0 amide bonds. The average Bonchev–Trinajstić information content (AvgIpc) is 1.88. The lowest BCUT2D eigenvalue weighted by molar-refractivity contribution is 0.109. The average molecular weight is 153 g/mol. The molecule has 0 N–H and O–H groups in total. The normalized spacial score (nSPS) is 9.40. The Morgan fingerprint density at radius 1 is 1.30 bits per heavy atom. The summed E-state index contributed by atoms with van der Waals surface area (Å²) in [5, 5.41) is -0.0694. The summed E-state index contributed by atoms with van der Waals surface area (Å²) in [4.78, 5) is 10.7. The molecule has 0 bridgehead atoms. The minimum Gasteiger partial charge on any atom is -0.232 e. The minimum absolute atomic E-state index is 0.0694. The molecular formula is C8H9OS+. The number of carbonyl (C=O) groups excluding carboxylic acids is 1. The van der Waals surface area contributed by atoms with Gasteiger partial charge >= 0.3 is 5.12 Å². The zero-order valence-corrected chi connectivity index (χ0v) is 6.72. The summed E-state index contributed by atoms with van der Waals surface area (Å²) in [6.45, 7) is 1.99. The van der Waals surface area contributed by atoms with Gasteiger partial charge in [0.15, 0.2) is 0 Å². The Hall–Kier alpha value is -0.760. The summed E-state index contributed by atoms with van der Waals surface area (Å²) in [6, 6.07) is 7.41. The molecule has 10 heavy (non-hydrogen) atoms. The summed E-state index contributed by atoms with van der Waals surface area (Å²) in [5.74, 6) is 0. The van der Waals surface area contributed by atoms with Crippen LogP contribution in [0.15, 0.2) is 24.3 Å². The van der Waals surface area contributed by atoms with Gasteiger partial charge in [-0.15, -0.1) is 0 Å². The molecular weight excluding hydrogens is 144 g/mol. The first-order valence-electron chi connectivity index (χ1n) is 3.03. The van der Waals surface area contributed by atoms with Crippen molar-refractivity contribution in [3.63, 3.8) is 0 Å². The van der Waals surface area contributed by atoms with E-state index >= 15 is 0 Å². The van der Waals surface area contributed by atoms with Crippen LogP contribution in [0.1, 0.15) is 15.9 Å². The minimum atomic E-state index is -0.0694. The van der Waals surface area contributed by atoms with Crippen LogP contribution < -0.4 is 0 Å². The van der Waals surface area contributed by atoms with Crippen LogP contribution >= 0.6 is 0 Å². The highest BCUT2D eigenvalue weighted by molar-refractivity contribution is 7.77. The maximum Gasteiger partial charge on any atom is 0.357 e. The van der Waals surface area contributed by atoms with Crippen LogP contribution in [0, 0.1) is 6.92 Å². The number of benzene rings is 1. The topological polar surface area (TPSA) is 17.1 Å². The van der Waals surface area contributed by atoms with Crippen LogP contribution in [-0.2, 0) is 12.6 Å². The smallest absolute Gasteiger partial charge is 0.232 e. The molecule has 0 aliphatic carbocycles. The zero-order chi connectivity index (χ0) is 7.56. The number of hydrogen-bond donors (Lipinski definition) is 0. The Morgan fingerprint density at radius 3 is 2.20 bits per heavy atom. The van der Waals surface area contributed by atoms with Crippen molar-refractivity contribution in [3.05, 3.63) is 35.4 Å². The second-order valence-electron chi connectivity index (χ2n) is 2.20. The van der Waals surface area contributed by atoms with Crippen molar-refractivity contribution >= 4 is 17.7 Å². The molecule has 2 heteroatoms. The van der Waals surface area contributed by atoms with Gasteiger partial charge in [-0.3, -0.25) is 0 Å². The largest absolute Gasteiger partial charge is 0.357 e. The Labute approximate surface area is 65.5 Å². The monoisotopic (exact) mass is 153 g/mol. The molecule has 0 heterocycles. The van der Waals surface area contributed by atoms with E-state index in [2.05, 4.69) is 12.6 Å². The third kappa shape index (κ3) is 1.61. The van der Waals surface area contributed by atoms with Crippen molar-refractivity contribution in [3.8, 4) is 0 Å². The second kappa shape index (κ2) is 2.88. The van der Waals surface area contributed by atoms with Gasteiger partial charge < -0.3 is 0 Å². The number of aryl methyl sites for hydroxylation is 1. The lowest BCUT2D eigenvalue weighted by Crippen LogP contribution is -1.91. The molecule has 0 aliphatic heterocycles. The van der Waals surface area contributed by atoms with Crippen molar-refractivity contribution in [2.75, 3.05) is 0 Å². The Balaban J connectivity index is 3.00. The molecule has 0 unspecified atom stereocenters. The van der Waals surface area contributed by atoms with Crippen molar-refractivity contribution < 1.29 is 4.79 Å². The summed E-state index contributed by atoms with van der Waals surface area (Å²) in [7, 11) is 0. The number of rotatable bonds is 1. The molecule has 1 aromatic carbocycles. The third-order valence-corrected chi connectivity index (χ3v) is 1.60. The lowest BCUT2D eigenvalue weighted by atomic mass is 10.2. The Kier molecular flexibility index (Phi) is 2.12. The maximum atomic E-state index is 10.7. The first-order valence-corrected chi connectivity index (χ1v) is 3.53. The highest BCUT2D eigenvalue weighted by Crippen LogP contribution is 2.02. The standard InChI is InChI=1S/C8H8OS/c1-6-2-4-7(5-3-6)8(9)10/h2-5H,1H3,(H,9,10)/p+1. The van der Waals surface area contributed by atoms with Gasteiger partial charge in [-0.25, -0.2) is 4.79 Å². The van der Waals surface area contributed by atoms with E-state index in [9.17, 15) is 4.79 Å². The molecule has 0 fully saturated rings. The van der Waals surface area contributed by atoms with Crippen LogP contribution in [0.4, 0.5) is 0 Å². The fourth-order valence-electron chi connectivity index (χ4n) is 0.705. The quantitative estimate of drug-likeness (QED) is 0.553. The van der Waals surface area contributed by atoms with Crippen molar-refractivity contribution in [2.45, 2.75) is 6.92 Å². The molecule has 1 aromatic rings. The van der Waals surface area contributed by atoms with E-state index in [1.54, 1.807) is 12.1 Å². The van der Waals surface area contributed by atoms with Gasteiger partial charge in [0.25, 0.3) is 0 Å². The second-order valence-corrected chi connectivity index (χ2v) is 2.65. The van der Waals surface area contributed by atoms with Crippen molar-refractivity contribution in [2.24, 2.45) is 0 Å². The first-order chi connectivity index (χ1) is 4.70. The van der Waals surface area contributed by atoms with E-state index in [0.29, 0.717) is 5.56 Å². The molecule has 0 atom stereocenters. The first kappa shape index (κ1) is 7.35. The number of carbonyl (C=O) groups is 1. The molecule has 1 rings (SSSR count). The van der Waals surface area contributed by atoms with Crippen LogP contribution in [-0.4, -0.2) is 5.12 Å². The predicted octanol–water partition coefficient (Wildman–Crippen LogP) is 1.15. The molecule has 0 spiro atoms. The lowest BCUT2D eigenvalue weighted by Gasteiger charge is -1.90. The van der Waals surface area contributed by atoms with E-state index in [4.69, 9.17) is 0 Å². The maximum absolute atomic E-state index is 10.7. The predicted molar refractivity (Wildman–Crippen MR) is 45.7 cm³/mol. The Bertz CT molecular complexity index is 238. The SMILES string of the molecule is Cc1ccc(C(=O)[SH2+])cc1. The molecule has 0 radical (unpaired) electrons. The van der Waals surface area contributed by atoms with Crippen LogP contribution in [0.2, 0.25) is 0 Å². The van der Waals surface area contributed by atoms with Crippen molar-refractivity contribution in [1.82, 2.24) is 0 Å².